The summed E-state index contributed by atoms with van der Waals surface area (Å²) in [5, 5.41) is 4.03. The fourth-order valence-electron chi connectivity index (χ4n) is 4.30. The Morgan fingerprint density at radius 3 is 2.33 bits per heavy atom. The van der Waals surface area contributed by atoms with E-state index in [9.17, 15) is 9.59 Å². The summed E-state index contributed by atoms with van der Waals surface area (Å²) in [6.07, 6.45) is 4.29. The third-order valence-electron chi connectivity index (χ3n) is 5.98. The molecule has 0 saturated heterocycles. The van der Waals surface area contributed by atoms with Crippen LogP contribution in [0, 0.1) is 13.8 Å². The highest BCUT2D eigenvalue weighted by atomic mass is 35.5. The van der Waals surface area contributed by atoms with Crippen molar-refractivity contribution in [3.05, 3.63) is 68.7 Å². The molecular formula is C26H32Cl2N2O2S. The quantitative estimate of drug-likeness (QED) is 0.432. The molecule has 178 valence electrons. The van der Waals surface area contributed by atoms with Gasteiger partial charge in [-0.05, 0) is 56.9 Å². The summed E-state index contributed by atoms with van der Waals surface area (Å²) in [4.78, 5) is 27.9. The number of hydrogen-bond acceptors (Lipinski definition) is 3. The van der Waals surface area contributed by atoms with Gasteiger partial charge in [0.1, 0.15) is 6.04 Å². The van der Waals surface area contributed by atoms with Crippen molar-refractivity contribution in [1.82, 2.24) is 10.2 Å². The number of benzene rings is 2. The predicted octanol–water partition coefficient (Wildman–Crippen LogP) is 6.32. The van der Waals surface area contributed by atoms with Gasteiger partial charge in [0.15, 0.2) is 0 Å². The number of thioether (sulfide) groups is 1. The standard InChI is InChI=1S/C26H32Cl2N2O2S/c1-17-10-18(2)12-21(11-17)15-33-16-25(31)30(14-20-8-9-23(27)24(28)13-20)19(3)26(32)29-22-6-4-5-7-22/h8-13,19,22H,4-7,14-16H2,1-3H3,(H,29,32). The zero-order chi connectivity index (χ0) is 24.0. The molecule has 0 spiro atoms. The highest BCUT2D eigenvalue weighted by Gasteiger charge is 2.28. The van der Waals surface area contributed by atoms with Crippen molar-refractivity contribution >= 4 is 46.8 Å². The summed E-state index contributed by atoms with van der Waals surface area (Å²) >= 11 is 13.8. The minimum atomic E-state index is -0.575. The van der Waals surface area contributed by atoms with E-state index < -0.39 is 6.04 Å². The largest absolute Gasteiger partial charge is 0.352 e. The zero-order valence-corrected chi connectivity index (χ0v) is 21.8. The van der Waals surface area contributed by atoms with Crippen LogP contribution in [0.4, 0.5) is 0 Å². The Morgan fingerprint density at radius 1 is 1.03 bits per heavy atom. The molecule has 1 fully saturated rings. The SMILES string of the molecule is Cc1cc(C)cc(CSCC(=O)N(Cc2ccc(Cl)c(Cl)c2)C(C)C(=O)NC2CCCC2)c1. The van der Waals surface area contributed by atoms with Crippen LogP contribution in [0.25, 0.3) is 0 Å². The Balaban J connectivity index is 1.69. The number of carbonyl (C=O) groups is 2. The van der Waals surface area contributed by atoms with E-state index in [1.54, 1.807) is 35.7 Å². The van der Waals surface area contributed by atoms with Crippen molar-refractivity contribution in [2.75, 3.05) is 5.75 Å². The summed E-state index contributed by atoms with van der Waals surface area (Å²) in [6.45, 7) is 6.26. The van der Waals surface area contributed by atoms with Crippen molar-refractivity contribution in [1.29, 1.82) is 0 Å². The molecule has 1 unspecified atom stereocenters. The van der Waals surface area contributed by atoms with Crippen molar-refractivity contribution < 1.29 is 9.59 Å². The molecule has 33 heavy (non-hydrogen) atoms. The highest BCUT2D eigenvalue weighted by Crippen LogP contribution is 2.25. The topological polar surface area (TPSA) is 49.4 Å². The van der Waals surface area contributed by atoms with E-state index in [0.717, 1.165) is 37.0 Å². The molecule has 2 aromatic rings. The van der Waals surface area contributed by atoms with Gasteiger partial charge in [-0.25, -0.2) is 0 Å². The van der Waals surface area contributed by atoms with Gasteiger partial charge in [0.2, 0.25) is 11.8 Å². The van der Waals surface area contributed by atoms with Crippen molar-refractivity contribution in [2.24, 2.45) is 0 Å². The summed E-state index contributed by atoms with van der Waals surface area (Å²) in [5.74, 6) is 0.881. The highest BCUT2D eigenvalue weighted by molar-refractivity contribution is 7.99. The lowest BCUT2D eigenvalue weighted by Crippen LogP contribution is -2.50. The number of hydrogen-bond donors (Lipinski definition) is 1. The molecule has 1 N–H and O–H groups in total. The number of carbonyl (C=O) groups excluding carboxylic acids is 2. The lowest BCUT2D eigenvalue weighted by molar-refractivity contribution is -0.138. The predicted molar refractivity (Wildman–Crippen MR) is 139 cm³/mol. The van der Waals surface area contributed by atoms with E-state index in [0.29, 0.717) is 22.3 Å². The van der Waals surface area contributed by atoms with Crippen LogP contribution in [0.2, 0.25) is 10.0 Å². The molecule has 2 amide bonds. The van der Waals surface area contributed by atoms with Gasteiger partial charge in [-0.2, -0.15) is 0 Å². The Kier molecular flexibility index (Phi) is 9.54. The molecule has 0 heterocycles. The second-order valence-corrected chi connectivity index (χ2v) is 10.7. The number of rotatable bonds is 9. The van der Waals surface area contributed by atoms with Crippen molar-refractivity contribution in [2.45, 2.75) is 70.8 Å². The molecule has 2 aromatic carbocycles. The number of nitrogens with zero attached hydrogens (tertiary/aromatic N) is 1. The first kappa shape index (κ1) is 25.9. The van der Waals surface area contributed by atoms with Crippen molar-refractivity contribution in [3.63, 3.8) is 0 Å². The number of nitrogens with one attached hydrogen (secondary N) is 1. The maximum absolute atomic E-state index is 13.3. The summed E-state index contributed by atoms with van der Waals surface area (Å²) in [6, 6.07) is 11.4. The third kappa shape index (κ3) is 7.66. The van der Waals surface area contributed by atoms with Gasteiger partial charge in [0, 0.05) is 18.3 Å². The molecule has 4 nitrogen and oxygen atoms in total. The Hall–Kier alpha value is -1.69. The van der Waals surface area contributed by atoms with Crippen LogP contribution in [-0.4, -0.2) is 34.6 Å². The van der Waals surface area contributed by atoms with Crippen LogP contribution in [0.5, 0.6) is 0 Å². The lowest BCUT2D eigenvalue weighted by Gasteiger charge is -2.30. The molecule has 7 heteroatoms. The van der Waals surface area contributed by atoms with E-state index in [1.165, 1.54) is 16.7 Å². The molecule has 0 aliphatic heterocycles. The molecule has 0 bridgehead atoms. The van der Waals surface area contributed by atoms with Crippen LogP contribution < -0.4 is 5.32 Å². The summed E-state index contributed by atoms with van der Waals surface area (Å²) in [5.41, 5.74) is 4.48. The van der Waals surface area contributed by atoms with E-state index in [1.807, 2.05) is 6.07 Å². The fourth-order valence-corrected chi connectivity index (χ4v) is 5.47. The fraction of sp³-hybridized carbons (Fsp3) is 0.462. The van der Waals surface area contributed by atoms with Gasteiger partial charge in [-0.1, -0.05) is 71.4 Å². The van der Waals surface area contributed by atoms with Crippen LogP contribution >= 0.6 is 35.0 Å². The summed E-state index contributed by atoms with van der Waals surface area (Å²) < 4.78 is 0. The molecule has 1 atom stereocenters. The minimum absolute atomic E-state index is 0.0653. The van der Waals surface area contributed by atoms with Crippen LogP contribution in [0.3, 0.4) is 0 Å². The second-order valence-electron chi connectivity index (χ2n) is 8.92. The molecule has 0 aromatic heterocycles. The maximum Gasteiger partial charge on any atom is 0.242 e. The summed E-state index contributed by atoms with van der Waals surface area (Å²) in [7, 11) is 0. The zero-order valence-electron chi connectivity index (χ0n) is 19.5. The third-order valence-corrected chi connectivity index (χ3v) is 7.71. The van der Waals surface area contributed by atoms with Crippen LogP contribution in [0.15, 0.2) is 36.4 Å². The van der Waals surface area contributed by atoms with Gasteiger partial charge >= 0.3 is 0 Å². The van der Waals surface area contributed by atoms with E-state index in [2.05, 4.69) is 37.4 Å². The number of aryl methyl sites for hydroxylation is 2. The first-order chi connectivity index (χ1) is 15.7. The maximum atomic E-state index is 13.3. The minimum Gasteiger partial charge on any atom is -0.352 e. The molecular weight excluding hydrogens is 475 g/mol. The first-order valence-electron chi connectivity index (χ1n) is 11.4. The van der Waals surface area contributed by atoms with Gasteiger partial charge in [0.25, 0.3) is 0 Å². The molecule has 1 aliphatic carbocycles. The normalized spacial score (nSPS) is 14.8. The lowest BCUT2D eigenvalue weighted by atomic mass is 10.1. The van der Waals surface area contributed by atoms with Crippen LogP contribution in [0.1, 0.15) is 54.9 Å². The Morgan fingerprint density at radius 2 is 1.70 bits per heavy atom. The molecule has 0 radical (unpaired) electrons. The smallest absolute Gasteiger partial charge is 0.242 e. The van der Waals surface area contributed by atoms with Gasteiger partial charge in [-0.3, -0.25) is 9.59 Å². The average molecular weight is 508 g/mol. The van der Waals surface area contributed by atoms with Gasteiger partial charge in [0.05, 0.1) is 15.8 Å². The van der Waals surface area contributed by atoms with E-state index >= 15 is 0 Å². The average Bonchev–Trinajstić information content (AvgIpc) is 3.26. The number of amides is 2. The van der Waals surface area contributed by atoms with Gasteiger partial charge < -0.3 is 10.2 Å². The number of halogens is 2. The molecule has 3 rings (SSSR count). The molecule has 1 aliphatic rings. The molecule has 1 saturated carbocycles. The second kappa shape index (κ2) is 12.1. The van der Waals surface area contributed by atoms with E-state index in [4.69, 9.17) is 23.2 Å². The monoisotopic (exact) mass is 506 g/mol. The van der Waals surface area contributed by atoms with Crippen molar-refractivity contribution in [3.8, 4) is 0 Å². The van der Waals surface area contributed by atoms with E-state index in [-0.39, 0.29) is 17.9 Å². The van der Waals surface area contributed by atoms with Gasteiger partial charge in [-0.15, -0.1) is 11.8 Å². The van der Waals surface area contributed by atoms with Crippen LogP contribution in [-0.2, 0) is 21.9 Å². The Labute approximate surface area is 211 Å². The Bertz CT molecular complexity index is 972. The first-order valence-corrected chi connectivity index (χ1v) is 13.3.